The van der Waals surface area contributed by atoms with Crippen LogP contribution in [0.3, 0.4) is 0 Å². The molecule has 0 fully saturated rings. The summed E-state index contributed by atoms with van der Waals surface area (Å²) in [7, 11) is 0. The largest absolute Gasteiger partial charge is 0.477 e. The summed E-state index contributed by atoms with van der Waals surface area (Å²) in [5, 5.41) is 10.2. The van der Waals surface area contributed by atoms with Gasteiger partial charge in [0.15, 0.2) is 5.78 Å². The Morgan fingerprint density at radius 2 is 2.45 bits per heavy atom. The number of allylic oxidation sites excluding steroid dienone is 1. The third-order valence-electron chi connectivity index (χ3n) is 1.34. The summed E-state index contributed by atoms with van der Waals surface area (Å²) in [4.78, 5) is 20.8. The molecule has 0 saturated carbocycles. The molecule has 0 spiro atoms. The number of carboxylic acid groups (broad SMARTS) is 1. The summed E-state index contributed by atoms with van der Waals surface area (Å²) in [6.07, 6.45) is 1.44. The van der Waals surface area contributed by atoms with Crippen molar-refractivity contribution in [2.45, 2.75) is 12.2 Å². The van der Waals surface area contributed by atoms with Gasteiger partial charge in [0.2, 0.25) is 0 Å². The number of rotatable bonds is 1. The van der Waals surface area contributed by atoms with E-state index in [1.807, 2.05) is 5.32 Å². The summed E-state index contributed by atoms with van der Waals surface area (Å²) in [6.45, 7) is 0. The lowest BCUT2D eigenvalue weighted by molar-refractivity contribution is -0.155. The van der Waals surface area contributed by atoms with Gasteiger partial charge in [-0.3, -0.25) is 4.79 Å². The Morgan fingerprint density at radius 3 is 2.82 bits per heavy atom. The summed E-state index contributed by atoms with van der Waals surface area (Å²) in [6, 6.07) is 0. The highest BCUT2D eigenvalue weighted by molar-refractivity contribution is 5.96. The first-order valence-corrected chi connectivity index (χ1v) is 2.94. The van der Waals surface area contributed by atoms with E-state index >= 15 is 0 Å². The van der Waals surface area contributed by atoms with Crippen LogP contribution in [0.15, 0.2) is 12.3 Å². The monoisotopic (exact) mass is 159 g/mol. The number of aliphatic carboxylic acids is 1. The van der Waals surface area contributed by atoms with Crippen LogP contribution in [0.1, 0.15) is 6.42 Å². The van der Waals surface area contributed by atoms with E-state index < -0.39 is 24.0 Å². The Kier molecular flexibility index (Phi) is 1.64. The van der Waals surface area contributed by atoms with Gasteiger partial charge in [-0.25, -0.2) is 9.18 Å². The van der Waals surface area contributed by atoms with E-state index in [-0.39, 0.29) is 0 Å². The van der Waals surface area contributed by atoms with Crippen LogP contribution >= 0.6 is 0 Å². The van der Waals surface area contributed by atoms with Gasteiger partial charge in [0.25, 0.3) is 5.79 Å². The molecule has 0 aliphatic carbocycles. The number of carboxylic acids is 1. The van der Waals surface area contributed by atoms with Gasteiger partial charge in [0.05, 0.1) is 6.42 Å². The number of hydrogen-bond donors (Lipinski definition) is 2. The predicted octanol–water partition coefficient (Wildman–Crippen LogP) is -0.187. The van der Waals surface area contributed by atoms with Crippen molar-refractivity contribution >= 4 is 11.8 Å². The quantitative estimate of drug-likeness (QED) is 0.520. The zero-order valence-corrected chi connectivity index (χ0v) is 5.50. The Labute approximate surface area is 61.7 Å². The van der Waals surface area contributed by atoms with Gasteiger partial charge in [-0.15, -0.1) is 0 Å². The molecule has 0 bridgehead atoms. The van der Waals surface area contributed by atoms with Crippen molar-refractivity contribution in [1.29, 1.82) is 0 Å². The summed E-state index contributed by atoms with van der Waals surface area (Å²) >= 11 is 0. The second-order valence-electron chi connectivity index (χ2n) is 2.23. The lowest BCUT2D eigenvalue weighted by atomic mass is 10.1. The number of ketones is 1. The molecule has 11 heavy (non-hydrogen) atoms. The van der Waals surface area contributed by atoms with E-state index in [2.05, 4.69) is 0 Å². The predicted molar refractivity (Wildman–Crippen MR) is 33.4 cm³/mol. The normalized spacial score (nSPS) is 29.7. The number of hydrogen-bond acceptors (Lipinski definition) is 3. The molecule has 0 saturated heterocycles. The van der Waals surface area contributed by atoms with E-state index in [0.29, 0.717) is 0 Å². The van der Waals surface area contributed by atoms with Crippen LogP contribution in [-0.4, -0.2) is 22.7 Å². The molecule has 2 N–H and O–H groups in total. The molecule has 1 unspecified atom stereocenters. The summed E-state index contributed by atoms with van der Waals surface area (Å²) in [5.74, 6) is -4.82. The van der Waals surface area contributed by atoms with Gasteiger partial charge in [0, 0.05) is 6.20 Å². The fourth-order valence-electron chi connectivity index (χ4n) is 0.754. The maximum Gasteiger partial charge on any atom is 0.363 e. The number of alkyl halides is 1. The van der Waals surface area contributed by atoms with E-state index in [0.717, 1.165) is 12.3 Å². The highest BCUT2D eigenvalue weighted by atomic mass is 19.1. The Morgan fingerprint density at radius 1 is 1.82 bits per heavy atom. The minimum Gasteiger partial charge on any atom is -0.477 e. The molecule has 1 heterocycles. The first kappa shape index (κ1) is 7.71. The van der Waals surface area contributed by atoms with E-state index in [1.165, 1.54) is 0 Å². The van der Waals surface area contributed by atoms with E-state index in [9.17, 15) is 14.0 Å². The SMILES string of the molecule is O=C1C=CNC(F)(C(=O)O)C1. The third-order valence-corrected chi connectivity index (χ3v) is 1.34. The second kappa shape index (κ2) is 2.34. The van der Waals surface area contributed by atoms with Crippen LogP contribution in [-0.2, 0) is 9.59 Å². The van der Waals surface area contributed by atoms with Crippen molar-refractivity contribution in [3.8, 4) is 0 Å². The highest BCUT2D eigenvalue weighted by Gasteiger charge is 2.41. The fourth-order valence-corrected chi connectivity index (χ4v) is 0.754. The molecule has 0 aromatic rings. The minimum atomic E-state index is -2.62. The van der Waals surface area contributed by atoms with Gasteiger partial charge in [-0.1, -0.05) is 0 Å². The molecule has 0 aromatic carbocycles. The molecule has 1 aliphatic heterocycles. The first-order chi connectivity index (χ1) is 5.04. The maximum atomic E-state index is 13.0. The third kappa shape index (κ3) is 1.36. The molecule has 1 aliphatic rings. The first-order valence-electron chi connectivity index (χ1n) is 2.94. The standard InChI is InChI=1S/C6H6FNO3/c7-6(5(10)11)3-4(9)1-2-8-6/h1-2,8H,3H2,(H,10,11). The molecule has 0 amide bonds. The van der Waals surface area contributed by atoms with E-state index in [4.69, 9.17) is 5.11 Å². The van der Waals surface area contributed by atoms with Crippen molar-refractivity contribution in [2.75, 3.05) is 0 Å². The smallest absolute Gasteiger partial charge is 0.363 e. The van der Waals surface area contributed by atoms with Gasteiger partial charge < -0.3 is 10.4 Å². The van der Waals surface area contributed by atoms with Crippen molar-refractivity contribution in [1.82, 2.24) is 5.32 Å². The number of halogens is 1. The Hall–Kier alpha value is -1.39. The molecule has 5 heteroatoms. The lowest BCUT2D eigenvalue weighted by Gasteiger charge is -2.22. The van der Waals surface area contributed by atoms with Crippen molar-refractivity contribution in [3.05, 3.63) is 12.3 Å². The molecule has 1 atom stereocenters. The number of nitrogens with one attached hydrogen (secondary N) is 1. The summed E-state index contributed by atoms with van der Waals surface area (Å²) < 4.78 is 13.0. The van der Waals surface area contributed by atoms with Gasteiger partial charge in [-0.05, 0) is 6.08 Å². The molecular weight excluding hydrogens is 153 g/mol. The van der Waals surface area contributed by atoms with Crippen LogP contribution in [0.4, 0.5) is 4.39 Å². The van der Waals surface area contributed by atoms with Crippen molar-refractivity contribution in [2.24, 2.45) is 0 Å². The van der Waals surface area contributed by atoms with Crippen molar-refractivity contribution in [3.63, 3.8) is 0 Å². The Bertz CT molecular complexity index is 238. The fraction of sp³-hybridized carbons (Fsp3) is 0.333. The zero-order valence-electron chi connectivity index (χ0n) is 5.50. The van der Waals surface area contributed by atoms with Gasteiger partial charge >= 0.3 is 5.97 Å². The van der Waals surface area contributed by atoms with Crippen LogP contribution < -0.4 is 5.32 Å². The van der Waals surface area contributed by atoms with Crippen LogP contribution in [0.25, 0.3) is 0 Å². The molecule has 4 nitrogen and oxygen atoms in total. The molecule has 0 aromatic heterocycles. The summed E-state index contributed by atoms with van der Waals surface area (Å²) in [5.41, 5.74) is 0. The van der Waals surface area contributed by atoms with Gasteiger partial charge in [-0.2, -0.15) is 0 Å². The highest BCUT2D eigenvalue weighted by Crippen LogP contribution is 2.16. The molecular formula is C6H6FNO3. The van der Waals surface area contributed by atoms with Crippen molar-refractivity contribution < 1.29 is 19.1 Å². The average Bonchev–Trinajstić information content (AvgIpc) is 1.86. The topological polar surface area (TPSA) is 66.4 Å². The van der Waals surface area contributed by atoms with Crippen LogP contribution in [0, 0.1) is 0 Å². The number of carbonyl (C=O) groups excluding carboxylic acids is 1. The van der Waals surface area contributed by atoms with E-state index in [1.54, 1.807) is 0 Å². The maximum absolute atomic E-state index is 13.0. The second-order valence-corrected chi connectivity index (χ2v) is 2.23. The van der Waals surface area contributed by atoms with Crippen LogP contribution in [0.2, 0.25) is 0 Å². The Balaban J connectivity index is 2.83. The molecule has 1 rings (SSSR count). The molecule has 0 radical (unpaired) electrons. The van der Waals surface area contributed by atoms with Gasteiger partial charge in [0.1, 0.15) is 0 Å². The lowest BCUT2D eigenvalue weighted by Crippen LogP contribution is -2.49. The average molecular weight is 159 g/mol. The zero-order chi connectivity index (χ0) is 8.48. The molecule has 60 valence electrons. The van der Waals surface area contributed by atoms with Crippen LogP contribution in [0.5, 0.6) is 0 Å². The number of carbonyl (C=O) groups is 2. The minimum absolute atomic E-state index is 0.534.